The summed E-state index contributed by atoms with van der Waals surface area (Å²) in [7, 11) is -3.66. The average molecular weight is 388 g/mol. The van der Waals surface area contributed by atoms with Gasteiger partial charge < -0.3 is 5.32 Å². The number of carbonyl (C=O) groups is 1. The highest BCUT2D eigenvalue weighted by molar-refractivity contribution is 7.89. The van der Waals surface area contributed by atoms with Crippen LogP contribution in [0.2, 0.25) is 0 Å². The minimum absolute atomic E-state index is 0.0887. The van der Waals surface area contributed by atoms with Gasteiger partial charge in [0.05, 0.1) is 11.4 Å². The van der Waals surface area contributed by atoms with Gasteiger partial charge in [-0.3, -0.25) is 9.69 Å². The highest BCUT2D eigenvalue weighted by Crippen LogP contribution is 2.14. The third-order valence-corrected chi connectivity index (χ3v) is 6.10. The van der Waals surface area contributed by atoms with Crippen molar-refractivity contribution in [2.75, 3.05) is 19.6 Å². The van der Waals surface area contributed by atoms with E-state index in [-0.39, 0.29) is 23.4 Å². The lowest BCUT2D eigenvalue weighted by Gasteiger charge is -2.32. The Morgan fingerprint density at radius 2 is 1.56 bits per heavy atom. The molecule has 2 aromatic rings. The highest BCUT2D eigenvalue weighted by Gasteiger charge is 2.21. The minimum atomic E-state index is -3.66. The molecule has 1 amide bonds. The molecule has 0 aromatic heterocycles. The van der Waals surface area contributed by atoms with Crippen LogP contribution in [0.15, 0.2) is 65.6 Å². The first kappa shape index (κ1) is 19.5. The van der Waals surface area contributed by atoms with Crippen molar-refractivity contribution in [3.8, 4) is 0 Å². The van der Waals surface area contributed by atoms with Crippen LogP contribution in [0.4, 0.5) is 0 Å². The molecule has 1 heterocycles. The Labute approximate surface area is 160 Å². The Morgan fingerprint density at radius 3 is 2.19 bits per heavy atom. The molecule has 27 heavy (non-hydrogen) atoms. The second-order valence-electron chi connectivity index (χ2n) is 6.74. The van der Waals surface area contributed by atoms with Crippen LogP contribution in [0.5, 0.6) is 0 Å². The maximum absolute atomic E-state index is 12.1. The van der Waals surface area contributed by atoms with E-state index in [4.69, 9.17) is 0 Å². The van der Waals surface area contributed by atoms with Gasteiger partial charge in [0, 0.05) is 25.7 Å². The summed E-state index contributed by atoms with van der Waals surface area (Å²) in [6, 6.07) is 18.5. The molecule has 7 heteroatoms. The molecular weight excluding hydrogens is 362 g/mol. The SMILES string of the molecule is O=C(CNS(=O)(=O)c1ccccc1)NC1CCN(Cc2ccccc2)CC1. The molecule has 0 unspecified atom stereocenters. The molecule has 1 aliphatic rings. The fraction of sp³-hybridized carbons (Fsp3) is 0.350. The van der Waals surface area contributed by atoms with Crippen molar-refractivity contribution in [1.29, 1.82) is 0 Å². The Morgan fingerprint density at radius 1 is 0.963 bits per heavy atom. The van der Waals surface area contributed by atoms with Crippen LogP contribution in [0, 0.1) is 0 Å². The molecule has 1 aliphatic heterocycles. The quantitative estimate of drug-likeness (QED) is 0.759. The van der Waals surface area contributed by atoms with E-state index in [1.165, 1.54) is 17.7 Å². The normalized spacial score (nSPS) is 16.1. The third kappa shape index (κ3) is 5.89. The fourth-order valence-electron chi connectivity index (χ4n) is 3.20. The Balaban J connectivity index is 1.41. The number of benzene rings is 2. The number of likely N-dealkylation sites (tertiary alicyclic amines) is 1. The summed E-state index contributed by atoms with van der Waals surface area (Å²) in [6.45, 7) is 2.49. The number of hydrogen-bond acceptors (Lipinski definition) is 4. The van der Waals surface area contributed by atoms with Gasteiger partial charge in [-0.05, 0) is 30.5 Å². The smallest absolute Gasteiger partial charge is 0.241 e. The van der Waals surface area contributed by atoms with Crippen molar-refractivity contribution >= 4 is 15.9 Å². The average Bonchev–Trinajstić information content (AvgIpc) is 2.70. The van der Waals surface area contributed by atoms with Crippen LogP contribution in [-0.4, -0.2) is 44.9 Å². The first-order chi connectivity index (χ1) is 13.0. The zero-order valence-electron chi connectivity index (χ0n) is 15.2. The van der Waals surface area contributed by atoms with E-state index in [0.29, 0.717) is 0 Å². The van der Waals surface area contributed by atoms with Crippen LogP contribution in [-0.2, 0) is 21.4 Å². The van der Waals surface area contributed by atoms with Crippen LogP contribution in [0.3, 0.4) is 0 Å². The number of amides is 1. The van der Waals surface area contributed by atoms with Gasteiger partial charge >= 0.3 is 0 Å². The van der Waals surface area contributed by atoms with Gasteiger partial charge in [-0.25, -0.2) is 13.1 Å². The Hall–Kier alpha value is -2.22. The molecule has 3 rings (SSSR count). The summed E-state index contributed by atoms with van der Waals surface area (Å²) in [5.41, 5.74) is 1.29. The topological polar surface area (TPSA) is 78.5 Å². The lowest BCUT2D eigenvalue weighted by molar-refractivity contribution is -0.121. The van der Waals surface area contributed by atoms with Gasteiger partial charge in [-0.1, -0.05) is 48.5 Å². The van der Waals surface area contributed by atoms with Crippen LogP contribution >= 0.6 is 0 Å². The van der Waals surface area contributed by atoms with Gasteiger partial charge in [0.15, 0.2) is 0 Å². The van der Waals surface area contributed by atoms with Crippen molar-refractivity contribution in [2.45, 2.75) is 30.3 Å². The molecule has 1 saturated heterocycles. The van der Waals surface area contributed by atoms with E-state index >= 15 is 0 Å². The van der Waals surface area contributed by atoms with Crippen molar-refractivity contribution in [2.24, 2.45) is 0 Å². The molecule has 0 saturated carbocycles. The first-order valence-electron chi connectivity index (χ1n) is 9.13. The van der Waals surface area contributed by atoms with Crippen molar-refractivity contribution < 1.29 is 13.2 Å². The van der Waals surface area contributed by atoms with Gasteiger partial charge in [-0.15, -0.1) is 0 Å². The highest BCUT2D eigenvalue weighted by atomic mass is 32.2. The largest absolute Gasteiger partial charge is 0.352 e. The van der Waals surface area contributed by atoms with Crippen LogP contribution in [0.25, 0.3) is 0 Å². The molecule has 0 aliphatic carbocycles. The predicted octanol–water partition coefficient (Wildman–Crippen LogP) is 1.75. The van der Waals surface area contributed by atoms with Gasteiger partial charge in [0.2, 0.25) is 15.9 Å². The van der Waals surface area contributed by atoms with Crippen LogP contribution in [0.1, 0.15) is 18.4 Å². The maximum atomic E-state index is 12.1. The number of piperidine rings is 1. The number of hydrogen-bond donors (Lipinski definition) is 2. The fourth-order valence-corrected chi connectivity index (χ4v) is 4.20. The summed E-state index contributed by atoms with van der Waals surface area (Å²) in [6.07, 6.45) is 1.73. The molecule has 0 atom stereocenters. The molecule has 2 aromatic carbocycles. The molecule has 0 bridgehead atoms. The lowest BCUT2D eigenvalue weighted by atomic mass is 10.0. The summed E-state index contributed by atoms with van der Waals surface area (Å²) < 4.78 is 26.7. The van der Waals surface area contributed by atoms with Crippen molar-refractivity contribution in [3.63, 3.8) is 0 Å². The lowest BCUT2D eigenvalue weighted by Crippen LogP contribution is -2.47. The molecule has 2 N–H and O–H groups in total. The second kappa shape index (κ2) is 9.12. The summed E-state index contributed by atoms with van der Waals surface area (Å²) >= 11 is 0. The number of sulfonamides is 1. The maximum Gasteiger partial charge on any atom is 0.241 e. The third-order valence-electron chi connectivity index (χ3n) is 4.68. The summed E-state index contributed by atoms with van der Waals surface area (Å²) in [5, 5.41) is 2.93. The van der Waals surface area contributed by atoms with Crippen molar-refractivity contribution in [1.82, 2.24) is 14.9 Å². The van der Waals surface area contributed by atoms with Gasteiger partial charge in [0.1, 0.15) is 0 Å². The zero-order valence-corrected chi connectivity index (χ0v) is 16.0. The molecule has 0 radical (unpaired) electrons. The monoisotopic (exact) mass is 387 g/mol. The molecule has 144 valence electrons. The van der Waals surface area contributed by atoms with E-state index in [0.717, 1.165) is 32.5 Å². The molecule has 1 fully saturated rings. The van der Waals surface area contributed by atoms with E-state index in [1.807, 2.05) is 18.2 Å². The standard InChI is InChI=1S/C20H25N3O3S/c24-20(15-21-27(25,26)19-9-5-2-6-10-19)22-18-11-13-23(14-12-18)16-17-7-3-1-4-8-17/h1-10,18,21H,11-16H2,(H,22,24). The van der Waals surface area contributed by atoms with Gasteiger partial charge in [0.25, 0.3) is 0 Å². The summed E-state index contributed by atoms with van der Waals surface area (Å²) in [5.74, 6) is -0.295. The molecule has 6 nitrogen and oxygen atoms in total. The van der Waals surface area contributed by atoms with E-state index in [1.54, 1.807) is 18.2 Å². The second-order valence-corrected chi connectivity index (χ2v) is 8.51. The Kier molecular flexibility index (Phi) is 6.60. The molecule has 0 spiro atoms. The van der Waals surface area contributed by atoms with E-state index in [2.05, 4.69) is 27.1 Å². The number of nitrogens with zero attached hydrogens (tertiary/aromatic N) is 1. The van der Waals surface area contributed by atoms with Crippen molar-refractivity contribution in [3.05, 3.63) is 66.2 Å². The number of carbonyl (C=O) groups excluding carboxylic acids is 1. The zero-order chi connectivity index (χ0) is 19.1. The number of rotatable bonds is 7. The number of nitrogens with one attached hydrogen (secondary N) is 2. The molecular formula is C20H25N3O3S. The minimum Gasteiger partial charge on any atom is -0.352 e. The summed E-state index contributed by atoms with van der Waals surface area (Å²) in [4.78, 5) is 14.6. The first-order valence-corrected chi connectivity index (χ1v) is 10.6. The van der Waals surface area contributed by atoms with E-state index < -0.39 is 10.0 Å². The Bertz CT molecular complexity index is 833. The predicted molar refractivity (Wildman–Crippen MR) is 105 cm³/mol. The van der Waals surface area contributed by atoms with Gasteiger partial charge in [-0.2, -0.15) is 0 Å². The van der Waals surface area contributed by atoms with E-state index in [9.17, 15) is 13.2 Å². The van der Waals surface area contributed by atoms with Crippen LogP contribution < -0.4 is 10.0 Å².